The SMILES string of the molecule is CS(=O)(=O)Nc1cc(-c2ccc3ncc(C#[N+]CC[C@@H](N)c4ccc(F)cc4)c(Cl)c3c2)cnc1Cl. The zero-order valence-corrected chi connectivity index (χ0v) is 21.4. The van der Waals surface area contributed by atoms with Crippen molar-refractivity contribution in [1.29, 1.82) is 0 Å². The van der Waals surface area contributed by atoms with Crippen LogP contribution in [0.4, 0.5) is 10.1 Å². The second-order valence-electron chi connectivity index (χ2n) is 8.09. The number of anilines is 1. The number of halogens is 3. The van der Waals surface area contributed by atoms with Crippen LogP contribution in [-0.2, 0) is 10.0 Å². The van der Waals surface area contributed by atoms with Crippen LogP contribution in [0.5, 0.6) is 0 Å². The van der Waals surface area contributed by atoms with Crippen molar-refractivity contribution in [3.8, 4) is 17.2 Å². The zero-order valence-electron chi connectivity index (χ0n) is 19.0. The Bertz CT molecular complexity index is 1600. The van der Waals surface area contributed by atoms with Gasteiger partial charge in [-0.15, -0.1) is 0 Å². The molecule has 7 nitrogen and oxygen atoms in total. The van der Waals surface area contributed by atoms with E-state index in [1.54, 1.807) is 36.7 Å². The number of nitrogens with one attached hydrogen (secondary N) is 1. The molecule has 2 heterocycles. The molecule has 0 amide bonds. The van der Waals surface area contributed by atoms with E-state index in [0.29, 0.717) is 40.0 Å². The van der Waals surface area contributed by atoms with Crippen molar-refractivity contribution < 1.29 is 12.8 Å². The molecule has 0 aliphatic carbocycles. The van der Waals surface area contributed by atoms with Gasteiger partial charge in [-0.1, -0.05) is 46.2 Å². The molecule has 4 rings (SSSR count). The predicted octanol–water partition coefficient (Wildman–Crippen LogP) is 5.89. The van der Waals surface area contributed by atoms with Gasteiger partial charge in [0.05, 0.1) is 28.7 Å². The monoisotopic (exact) mass is 544 g/mol. The number of rotatable bonds is 6. The molecule has 0 saturated heterocycles. The number of aromatic nitrogens is 2. The van der Waals surface area contributed by atoms with E-state index in [0.717, 1.165) is 17.4 Å². The van der Waals surface area contributed by atoms with Gasteiger partial charge in [-0.2, -0.15) is 0 Å². The number of fused-ring (bicyclic) bond motifs is 1. The van der Waals surface area contributed by atoms with Gasteiger partial charge in [0.1, 0.15) is 11.4 Å². The Hall–Kier alpha value is -3.29. The zero-order chi connectivity index (χ0) is 25.9. The standard InChI is InChI=1S/C25H21Cl2FN5O2S/c1-36(34,35)33-23-11-17(13-32-25(23)27)16-4-7-22-20(10-16)24(26)18(14-31-22)12-30-9-8-21(29)15-2-5-19(28)6-3-15/h2-7,10-11,13-14,21,33H,8-9,29H2,1H3/q+1/t21-/m1/s1. The molecule has 0 aliphatic heterocycles. The first kappa shape index (κ1) is 25.8. The van der Waals surface area contributed by atoms with Crippen molar-refractivity contribution in [3.05, 3.63) is 92.9 Å². The van der Waals surface area contributed by atoms with Gasteiger partial charge < -0.3 is 5.73 Å². The highest BCUT2D eigenvalue weighted by Crippen LogP contribution is 2.32. The fourth-order valence-electron chi connectivity index (χ4n) is 3.52. The van der Waals surface area contributed by atoms with E-state index in [4.69, 9.17) is 28.9 Å². The first-order valence-electron chi connectivity index (χ1n) is 10.8. The quantitative estimate of drug-likeness (QED) is 0.295. The number of hydrogen-bond acceptors (Lipinski definition) is 5. The van der Waals surface area contributed by atoms with E-state index < -0.39 is 10.0 Å². The van der Waals surface area contributed by atoms with Gasteiger partial charge in [0.2, 0.25) is 10.0 Å². The van der Waals surface area contributed by atoms with Gasteiger partial charge in [-0.05, 0) is 41.5 Å². The average molecular weight is 545 g/mol. The van der Waals surface area contributed by atoms with Gasteiger partial charge in [-0.3, -0.25) is 9.71 Å². The minimum Gasteiger partial charge on any atom is -0.324 e. The van der Waals surface area contributed by atoms with E-state index in [2.05, 4.69) is 25.6 Å². The molecule has 0 saturated carbocycles. The van der Waals surface area contributed by atoms with Crippen LogP contribution in [0.1, 0.15) is 23.6 Å². The van der Waals surface area contributed by atoms with Gasteiger partial charge in [0.15, 0.2) is 5.15 Å². The van der Waals surface area contributed by atoms with Gasteiger partial charge in [0.25, 0.3) is 6.54 Å². The lowest BCUT2D eigenvalue weighted by Crippen LogP contribution is -2.11. The summed E-state index contributed by atoms with van der Waals surface area (Å²) in [7, 11) is -3.53. The molecule has 0 aliphatic rings. The predicted molar refractivity (Wildman–Crippen MR) is 143 cm³/mol. The summed E-state index contributed by atoms with van der Waals surface area (Å²) in [5, 5.41) is 1.13. The number of hydrogen-bond donors (Lipinski definition) is 2. The lowest BCUT2D eigenvalue weighted by molar-refractivity contribution is 0.606. The first-order chi connectivity index (χ1) is 17.1. The van der Waals surface area contributed by atoms with Crippen molar-refractivity contribution in [2.45, 2.75) is 12.5 Å². The van der Waals surface area contributed by atoms with Crippen LogP contribution in [0.3, 0.4) is 0 Å². The molecule has 0 bridgehead atoms. The second kappa shape index (κ2) is 10.8. The van der Waals surface area contributed by atoms with Gasteiger partial charge >= 0.3 is 6.07 Å². The van der Waals surface area contributed by atoms with E-state index in [1.165, 1.54) is 12.1 Å². The number of sulfonamides is 1. The van der Waals surface area contributed by atoms with Crippen molar-refractivity contribution in [3.63, 3.8) is 0 Å². The van der Waals surface area contributed by atoms with E-state index in [-0.39, 0.29) is 22.7 Å². The molecule has 0 radical (unpaired) electrons. The Morgan fingerprint density at radius 2 is 1.83 bits per heavy atom. The molecule has 184 valence electrons. The molecule has 2 aromatic heterocycles. The molecule has 0 unspecified atom stereocenters. The third-order valence-electron chi connectivity index (χ3n) is 5.32. The summed E-state index contributed by atoms with van der Waals surface area (Å²) in [4.78, 5) is 12.8. The third-order valence-corrected chi connectivity index (χ3v) is 6.62. The molecule has 3 N–H and O–H groups in total. The van der Waals surface area contributed by atoms with Gasteiger partial charge in [-0.25, -0.2) is 17.8 Å². The van der Waals surface area contributed by atoms with Crippen molar-refractivity contribution >= 4 is 49.8 Å². The Kier molecular flexibility index (Phi) is 7.71. The molecule has 1 atom stereocenters. The summed E-state index contributed by atoms with van der Waals surface area (Å²) in [6.07, 6.45) is 4.72. The number of pyridine rings is 2. The van der Waals surface area contributed by atoms with E-state index >= 15 is 0 Å². The maximum atomic E-state index is 13.1. The number of nitrogens with zero attached hydrogens (tertiary/aromatic N) is 3. The fraction of sp³-hybridized carbons (Fsp3) is 0.160. The molecule has 36 heavy (non-hydrogen) atoms. The first-order valence-corrected chi connectivity index (χ1v) is 13.4. The Balaban J connectivity index is 1.56. The van der Waals surface area contributed by atoms with Crippen LogP contribution < -0.4 is 10.5 Å². The minimum absolute atomic E-state index is 0.0388. The summed E-state index contributed by atoms with van der Waals surface area (Å²) in [5.74, 6) is -0.308. The molecule has 11 heteroatoms. The van der Waals surface area contributed by atoms with Crippen LogP contribution >= 0.6 is 23.2 Å². The third kappa shape index (κ3) is 6.28. The molecular weight excluding hydrogens is 524 g/mol. The highest BCUT2D eigenvalue weighted by atomic mass is 35.5. The molecule has 0 spiro atoms. The number of benzene rings is 2. The second-order valence-corrected chi connectivity index (χ2v) is 10.6. The maximum absolute atomic E-state index is 13.1. The van der Waals surface area contributed by atoms with E-state index in [1.807, 2.05) is 12.1 Å². The van der Waals surface area contributed by atoms with Crippen molar-refractivity contribution in [1.82, 2.24) is 9.97 Å². The highest BCUT2D eigenvalue weighted by molar-refractivity contribution is 7.92. The van der Waals surface area contributed by atoms with Crippen LogP contribution in [-0.4, -0.2) is 31.2 Å². The largest absolute Gasteiger partial charge is 0.324 e. The Morgan fingerprint density at radius 1 is 1.08 bits per heavy atom. The van der Waals surface area contributed by atoms with Crippen LogP contribution in [0.15, 0.2) is 60.9 Å². The summed E-state index contributed by atoms with van der Waals surface area (Å²) >= 11 is 12.7. The summed E-state index contributed by atoms with van der Waals surface area (Å²) in [5.41, 5.74) is 9.73. The molecule has 4 aromatic rings. The normalized spacial score (nSPS) is 12.1. The smallest absolute Gasteiger partial charge is 0.314 e. The Morgan fingerprint density at radius 3 is 2.56 bits per heavy atom. The average Bonchev–Trinajstić information content (AvgIpc) is 2.84. The van der Waals surface area contributed by atoms with Crippen molar-refractivity contribution in [2.75, 3.05) is 17.5 Å². The van der Waals surface area contributed by atoms with Crippen LogP contribution in [0.2, 0.25) is 10.2 Å². The maximum Gasteiger partial charge on any atom is 0.314 e. The van der Waals surface area contributed by atoms with Crippen LogP contribution in [0.25, 0.3) is 26.9 Å². The van der Waals surface area contributed by atoms with Crippen LogP contribution in [0, 0.1) is 11.9 Å². The highest BCUT2D eigenvalue weighted by Gasteiger charge is 2.14. The topological polar surface area (TPSA) is 102 Å². The molecule has 2 aromatic carbocycles. The Labute approximate surface area is 218 Å². The minimum atomic E-state index is -3.53. The fourth-order valence-corrected chi connectivity index (χ4v) is 4.52. The van der Waals surface area contributed by atoms with Gasteiger partial charge in [0, 0.05) is 29.6 Å². The van der Waals surface area contributed by atoms with E-state index in [9.17, 15) is 12.8 Å². The summed E-state index contributed by atoms with van der Waals surface area (Å²) < 4.78 is 38.7. The molecule has 0 fully saturated rings. The summed E-state index contributed by atoms with van der Waals surface area (Å²) in [6.45, 7) is 0.402. The van der Waals surface area contributed by atoms with Crippen molar-refractivity contribution in [2.24, 2.45) is 5.73 Å². The molecular formula is C25H21Cl2FN5O2S+. The lowest BCUT2D eigenvalue weighted by atomic mass is 10.0. The summed E-state index contributed by atoms with van der Waals surface area (Å²) in [6, 6.07) is 15.8. The lowest BCUT2D eigenvalue weighted by Gasteiger charge is -2.09. The number of nitrogens with two attached hydrogens (primary N) is 1.